The van der Waals surface area contributed by atoms with Crippen LogP contribution in [0.5, 0.6) is 0 Å². The Balaban J connectivity index is -0.000000264. The summed E-state index contributed by atoms with van der Waals surface area (Å²) in [6.07, 6.45) is 3.56. The first-order valence-electron chi connectivity index (χ1n) is 28.4. The first kappa shape index (κ1) is 87.0. The number of fused-ring (bicyclic) bond motifs is 2. The minimum Gasteiger partial charge on any atom is -0.412 e. The molecule has 0 spiro atoms. The van der Waals surface area contributed by atoms with Crippen LogP contribution >= 0.6 is 60.2 Å². The van der Waals surface area contributed by atoms with Crippen LogP contribution in [0.3, 0.4) is 0 Å². The molecule has 2 aromatic heterocycles. The van der Waals surface area contributed by atoms with E-state index in [1.54, 1.807) is 0 Å². The predicted octanol–water partition coefficient (Wildman–Crippen LogP) is 10.2. The molecule has 0 radical (unpaired) electrons. The number of hydrazine groups is 1. The average Bonchev–Trinajstić information content (AvgIpc) is 4.17. The molecule has 0 bridgehead atoms. The molecule has 4 fully saturated rings. The highest BCUT2D eigenvalue weighted by atomic mass is 127. The van der Waals surface area contributed by atoms with Crippen molar-refractivity contribution in [3.05, 3.63) is 129 Å². The van der Waals surface area contributed by atoms with Crippen LogP contribution in [0, 0.1) is 17.5 Å². The van der Waals surface area contributed by atoms with Crippen LogP contribution in [0.4, 0.5) is 0 Å². The van der Waals surface area contributed by atoms with Gasteiger partial charge in [-0.3, -0.25) is 50.2 Å². The first-order valence-corrected chi connectivity index (χ1v) is 31.5. The van der Waals surface area contributed by atoms with Gasteiger partial charge in [0.05, 0.1) is 17.2 Å². The van der Waals surface area contributed by atoms with E-state index in [2.05, 4.69) is 158 Å². The second-order valence-electron chi connectivity index (χ2n) is 16.8. The monoisotopic (exact) mass is 1320 g/mol. The van der Waals surface area contributed by atoms with Gasteiger partial charge in [-0.05, 0) is 80.8 Å². The molecule has 6 heterocycles. The second-order valence-corrected chi connectivity index (χ2v) is 20.8. The number of nitrogens with zero attached hydrogens (tertiary/aromatic N) is 9. The number of aldehydes is 2. The first-order chi connectivity index (χ1) is 38.8. The summed E-state index contributed by atoms with van der Waals surface area (Å²) < 4.78 is 10.2. The van der Waals surface area contributed by atoms with Crippen molar-refractivity contribution in [2.75, 3.05) is 126 Å². The molecule has 464 valence electrons. The Morgan fingerprint density at radius 2 is 0.815 bits per heavy atom. The molecule has 81 heavy (non-hydrogen) atoms. The fourth-order valence-corrected chi connectivity index (χ4v) is 7.92. The quantitative estimate of drug-likeness (QED) is 0.0359. The van der Waals surface area contributed by atoms with Gasteiger partial charge < -0.3 is 25.5 Å². The van der Waals surface area contributed by atoms with E-state index in [9.17, 15) is 9.59 Å². The summed E-state index contributed by atoms with van der Waals surface area (Å²) in [5.41, 5.74) is 5.75. The highest BCUT2D eigenvalue weighted by Gasteiger charge is 2.10. The predicted molar refractivity (Wildman–Crippen MR) is 377 cm³/mol. The molecule has 6 aromatic rings. The van der Waals surface area contributed by atoms with Gasteiger partial charge in [-0.1, -0.05) is 192 Å². The normalized spacial score (nSPS) is 14.8. The number of piperazine rings is 4. The highest BCUT2D eigenvalue weighted by Crippen LogP contribution is 2.16. The van der Waals surface area contributed by atoms with Crippen molar-refractivity contribution in [3.63, 3.8) is 0 Å². The number of carbonyl (C=O) groups excluding carboxylic acids is 2. The summed E-state index contributed by atoms with van der Waals surface area (Å²) in [5.74, 6) is 8.00. The number of aromatic amines is 2. The lowest BCUT2D eigenvalue weighted by Gasteiger charge is -2.28. The van der Waals surface area contributed by atoms with Crippen LogP contribution in [0.1, 0.15) is 101 Å². The summed E-state index contributed by atoms with van der Waals surface area (Å²) in [7, 11) is 17.4. The number of likely N-dealkylation sites (N-methyl/N-ethyl adjacent to an activating group) is 3. The number of hydrogen-bond acceptors (Lipinski definition) is 14. The van der Waals surface area contributed by atoms with Gasteiger partial charge >= 0.3 is 0 Å². The van der Waals surface area contributed by atoms with Crippen molar-refractivity contribution in [1.29, 1.82) is 0 Å². The van der Waals surface area contributed by atoms with Crippen molar-refractivity contribution in [1.82, 2.24) is 59.1 Å². The molecule has 4 aliphatic rings. The molecular weight excluding hydrogens is 1200 g/mol. The van der Waals surface area contributed by atoms with Crippen LogP contribution in [-0.4, -0.2) is 198 Å². The summed E-state index contributed by atoms with van der Waals surface area (Å²) in [6, 6.07) is 31.1. The maximum absolute atomic E-state index is 10.2. The third-order valence-corrected chi connectivity index (χ3v) is 14.0. The van der Waals surface area contributed by atoms with Gasteiger partial charge in [0, 0.05) is 127 Å². The zero-order valence-electron chi connectivity index (χ0n) is 52.5. The Hall–Kier alpha value is -2.83. The number of para-hydroxylation sites is 2. The van der Waals surface area contributed by atoms with Gasteiger partial charge in [0.25, 0.3) is 0 Å². The van der Waals surface area contributed by atoms with Gasteiger partial charge in [0.15, 0.2) is 0 Å². The summed E-state index contributed by atoms with van der Waals surface area (Å²) in [5, 5.41) is 19.4. The SMILES string of the molecule is CC.CC.CC.CC.CC.CN1CCN(P)CC1.CN1CCN(P)CC1.CN1CCN(P)CC1.Cc1ccccc1C=O.Cc1ccccc1C=O.Ic1[nH]nc2ccccc12.NN.O.PN1CCNCC1.c1ccc2[nH]ncc2c1. The number of carbonyl (C=O) groups is 2. The molecule has 4 unspecified atom stereocenters. The zero-order chi connectivity index (χ0) is 61.5. The summed E-state index contributed by atoms with van der Waals surface area (Å²) in [6.45, 7) is 42.9. The molecule has 0 aliphatic carbocycles. The maximum Gasteiger partial charge on any atom is 0.150 e. The molecule has 17 nitrogen and oxygen atoms in total. The zero-order valence-corrected chi connectivity index (χ0v) is 59.2. The van der Waals surface area contributed by atoms with E-state index in [1.165, 1.54) is 97.0 Å². The number of H-pyrrole nitrogens is 2. The van der Waals surface area contributed by atoms with Gasteiger partial charge in [-0.15, -0.1) is 0 Å². The highest BCUT2D eigenvalue weighted by molar-refractivity contribution is 14.1. The Bertz CT molecular complexity index is 2100. The Morgan fingerprint density at radius 1 is 0.481 bits per heavy atom. The lowest BCUT2D eigenvalue weighted by Crippen LogP contribution is -2.39. The average molecular weight is 1320 g/mol. The number of hydrogen-bond donors (Lipinski definition) is 5. The summed E-state index contributed by atoms with van der Waals surface area (Å²) in [4.78, 5) is 27.5. The third-order valence-electron chi connectivity index (χ3n) is 11.2. The Kier molecular flexibility index (Phi) is 66.3. The van der Waals surface area contributed by atoms with E-state index in [4.69, 9.17) is 0 Å². The van der Waals surface area contributed by atoms with Gasteiger partial charge in [-0.25, -0.2) is 0 Å². The van der Waals surface area contributed by atoms with Crippen molar-refractivity contribution in [2.24, 2.45) is 11.7 Å². The standard InChI is InChI=1S/2C8H8O.C7H5IN2.C7H6N2.3C5H13N2P.C4H11N2P.5C2H6.H4N2.H2O/c2*1-7-4-2-3-5-8(7)6-9;8-7-5-3-1-2-4-6(5)9-10-7;1-2-4-7-6(3-1)5-8-9-7;3*1-6-2-4-7(8)5-3-6;7-6-3-1-5-2-4-6;6*1-2;/h2*2-6H,1H3;1-4H,(H,9,10);1-5H,(H,8,9);3*2-5,8H2,1H3;5H,1-4,7H2;5*1-2H3;1-2H2;1H2. The Morgan fingerprint density at radius 3 is 1.12 bits per heavy atom. The van der Waals surface area contributed by atoms with E-state index < -0.39 is 0 Å². The van der Waals surface area contributed by atoms with Crippen LogP contribution in [0.2, 0.25) is 0 Å². The largest absolute Gasteiger partial charge is 0.412 e. The van der Waals surface area contributed by atoms with Gasteiger partial charge in [-0.2, -0.15) is 10.2 Å². The molecule has 10 rings (SSSR count). The number of aromatic nitrogens is 4. The van der Waals surface area contributed by atoms with E-state index in [1.807, 2.05) is 180 Å². The van der Waals surface area contributed by atoms with Crippen LogP contribution in [0.25, 0.3) is 21.8 Å². The molecule has 0 saturated carbocycles. The molecule has 9 N–H and O–H groups in total. The molecule has 4 saturated heterocycles. The number of nitrogens with two attached hydrogens (primary N) is 2. The van der Waals surface area contributed by atoms with Crippen LogP contribution in [-0.2, 0) is 0 Å². The maximum atomic E-state index is 10.2. The molecule has 4 aliphatic heterocycles. The molecular formula is C59H113IN14O3P4. The number of rotatable bonds is 2. The van der Waals surface area contributed by atoms with Crippen molar-refractivity contribution in [3.8, 4) is 0 Å². The van der Waals surface area contributed by atoms with E-state index in [-0.39, 0.29) is 5.48 Å². The third kappa shape index (κ3) is 45.2. The van der Waals surface area contributed by atoms with Gasteiger partial charge in [0.2, 0.25) is 0 Å². The van der Waals surface area contributed by atoms with Crippen molar-refractivity contribution in [2.45, 2.75) is 83.1 Å². The molecule has 4 aromatic carbocycles. The van der Waals surface area contributed by atoms with E-state index in [0.717, 1.165) is 68.0 Å². The fourth-order valence-electron chi connectivity index (χ4n) is 6.39. The van der Waals surface area contributed by atoms with Crippen LogP contribution in [0.15, 0.2) is 103 Å². The summed E-state index contributed by atoms with van der Waals surface area (Å²) >= 11 is 2.24. The topological polar surface area (TPSA) is 210 Å². The minimum absolute atomic E-state index is 0. The Labute approximate surface area is 515 Å². The van der Waals surface area contributed by atoms with E-state index in [0.29, 0.717) is 0 Å². The number of benzene rings is 4. The molecule has 4 atom stereocenters. The number of aryl methyl sites for hydroxylation is 2. The van der Waals surface area contributed by atoms with Gasteiger partial charge in [0.1, 0.15) is 16.3 Å². The lowest BCUT2D eigenvalue weighted by atomic mass is 10.1. The van der Waals surface area contributed by atoms with Crippen LogP contribution < -0.4 is 17.0 Å². The number of halogens is 1. The molecule has 0 amide bonds. The lowest BCUT2D eigenvalue weighted by molar-refractivity contribution is 0.111. The minimum atomic E-state index is 0. The van der Waals surface area contributed by atoms with Crippen molar-refractivity contribution < 1.29 is 15.1 Å². The number of nitrogens with one attached hydrogen (secondary N) is 3. The molecule has 22 heteroatoms. The van der Waals surface area contributed by atoms with Crippen molar-refractivity contribution >= 4 is 94.5 Å². The fraction of sp³-hybridized carbons (Fsp3) is 0.525. The van der Waals surface area contributed by atoms with E-state index >= 15 is 0 Å². The smallest absolute Gasteiger partial charge is 0.150 e. The second kappa shape index (κ2) is 61.7.